The maximum Gasteiger partial charge on any atom is 0.105 e. The number of nitrogen functional groups attached to an aromatic ring is 1. The number of benzene rings is 1. The number of furan rings is 1. The van der Waals surface area contributed by atoms with Crippen molar-refractivity contribution < 1.29 is 4.42 Å². The minimum atomic E-state index is 0.282. The van der Waals surface area contributed by atoms with Crippen LogP contribution in [-0.2, 0) is 6.42 Å². The summed E-state index contributed by atoms with van der Waals surface area (Å²) in [5.41, 5.74) is 8.93. The highest BCUT2D eigenvalue weighted by Crippen LogP contribution is 2.23. The molecule has 3 nitrogen and oxygen atoms in total. The maximum atomic E-state index is 5.96. The molecule has 1 aromatic heterocycles. The van der Waals surface area contributed by atoms with Crippen LogP contribution in [0.5, 0.6) is 0 Å². The zero-order valence-corrected chi connectivity index (χ0v) is 10.2. The molecule has 0 saturated heterocycles. The van der Waals surface area contributed by atoms with E-state index in [0.717, 1.165) is 29.1 Å². The summed E-state index contributed by atoms with van der Waals surface area (Å²) < 4.78 is 5.33. The van der Waals surface area contributed by atoms with Gasteiger partial charge in [-0.15, -0.1) is 0 Å². The van der Waals surface area contributed by atoms with Crippen LogP contribution in [0, 0.1) is 6.92 Å². The molecule has 0 spiro atoms. The Labute approximate surface area is 102 Å². The topological polar surface area (TPSA) is 51.2 Å². The predicted molar refractivity (Wildman–Crippen MR) is 71.1 cm³/mol. The number of nitrogens with two attached hydrogens (primary N) is 1. The molecule has 0 amide bonds. The number of nitrogens with one attached hydrogen (secondary N) is 1. The highest BCUT2D eigenvalue weighted by atomic mass is 16.3. The Morgan fingerprint density at radius 3 is 2.76 bits per heavy atom. The number of anilines is 2. The number of aryl methyl sites for hydroxylation is 1. The molecule has 2 aromatic rings. The Bertz CT molecular complexity index is 457. The minimum absolute atomic E-state index is 0.282. The SMILES string of the molecule is Cc1cccc(N)c1NC(C)Cc1ccco1. The lowest BCUT2D eigenvalue weighted by Crippen LogP contribution is -2.19. The van der Waals surface area contributed by atoms with Gasteiger partial charge in [0.15, 0.2) is 0 Å². The van der Waals surface area contributed by atoms with Crippen LogP contribution < -0.4 is 11.1 Å². The molecule has 1 unspecified atom stereocenters. The minimum Gasteiger partial charge on any atom is -0.469 e. The van der Waals surface area contributed by atoms with Crippen molar-refractivity contribution in [2.75, 3.05) is 11.1 Å². The fraction of sp³-hybridized carbons (Fsp3) is 0.286. The largest absolute Gasteiger partial charge is 0.469 e. The van der Waals surface area contributed by atoms with Crippen LogP contribution in [0.1, 0.15) is 18.2 Å². The fourth-order valence-corrected chi connectivity index (χ4v) is 1.92. The lowest BCUT2D eigenvalue weighted by atomic mass is 10.1. The Hall–Kier alpha value is -1.90. The third-order valence-corrected chi connectivity index (χ3v) is 2.78. The van der Waals surface area contributed by atoms with Gasteiger partial charge in [0.05, 0.1) is 17.6 Å². The van der Waals surface area contributed by atoms with Crippen LogP contribution in [0.4, 0.5) is 11.4 Å². The van der Waals surface area contributed by atoms with Gasteiger partial charge < -0.3 is 15.5 Å². The van der Waals surface area contributed by atoms with Crippen molar-refractivity contribution in [3.63, 3.8) is 0 Å². The Morgan fingerprint density at radius 2 is 2.12 bits per heavy atom. The Kier molecular flexibility index (Phi) is 3.38. The standard InChI is InChI=1S/C14H18N2O/c1-10-5-3-7-13(15)14(10)16-11(2)9-12-6-4-8-17-12/h3-8,11,16H,9,15H2,1-2H3. The van der Waals surface area contributed by atoms with E-state index in [4.69, 9.17) is 10.2 Å². The fourth-order valence-electron chi connectivity index (χ4n) is 1.92. The first-order valence-electron chi connectivity index (χ1n) is 5.81. The highest BCUT2D eigenvalue weighted by molar-refractivity contribution is 5.70. The second-order valence-corrected chi connectivity index (χ2v) is 4.37. The molecular weight excluding hydrogens is 212 g/mol. The first-order valence-corrected chi connectivity index (χ1v) is 5.81. The van der Waals surface area contributed by atoms with Crippen molar-refractivity contribution in [1.82, 2.24) is 0 Å². The predicted octanol–water partition coefficient (Wildman–Crippen LogP) is 3.21. The monoisotopic (exact) mass is 230 g/mol. The van der Waals surface area contributed by atoms with Crippen molar-refractivity contribution >= 4 is 11.4 Å². The average Bonchev–Trinajstić information content (AvgIpc) is 2.76. The van der Waals surface area contributed by atoms with E-state index in [2.05, 4.69) is 25.2 Å². The summed E-state index contributed by atoms with van der Waals surface area (Å²) in [7, 11) is 0. The van der Waals surface area contributed by atoms with Gasteiger partial charge in [-0.1, -0.05) is 12.1 Å². The van der Waals surface area contributed by atoms with Crippen LogP contribution in [0.15, 0.2) is 41.0 Å². The second-order valence-electron chi connectivity index (χ2n) is 4.37. The molecular formula is C14H18N2O. The summed E-state index contributed by atoms with van der Waals surface area (Å²) in [6, 6.07) is 10.1. The lowest BCUT2D eigenvalue weighted by Gasteiger charge is -2.17. The van der Waals surface area contributed by atoms with Crippen LogP contribution in [-0.4, -0.2) is 6.04 Å². The van der Waals surface area contributed by atoms with E-state index < -0.39 is 0 Å². The van der Waals surface area contributed by atoms with Gasteiger partial charge in [0.25, 0.3) is 0 Å². The highest BCUT2D eigenvalue weighted by Gasteiger charge is 2.09. The molecule has 0 aliphatic rings. The molecule has 0 bridgehead atoms. The van der Waals surface area contributed by atoms with E-state index in [9.17, 15) is 0 Å². The van der Waals surface area contributed by atoms with Crippen molar-refractivity contribution in [1.29, 1.82) is 0 Å². The van der Waals surface area contributed by atoms with E-state index in [0.29, 0.717) is 0 Å². The summed E-state index contributed by atoms with van der Waals surface area (Å²) in [6.45, 7) is 4.17. The van der Waals surface area contributed by atoms with Crippen molar-refractivity contribution in [3.05, 3.63) is 47.9 Å². The molecule has 0 fully saturated rings. The summed E-state index contributed by atoms with van der Waals surface area (Å²) in [5, 5.41) is 3.43. The zero-order chi connectivity index (χ0) is 12.3. The molecule has 1 atom stereocenters. The normalized spacial score (nSPS) is 12.4. The number of hydrogen-bond donors (Lipinski definition) is 2. The van der Waals surface area contributed by atoms with Gasteiger partial charge in [-0.3, -0.25) is 0 Å². The van der Waals surface area contributed by atoms with E-state index in [1.807, 2.05) is 24.3 Å². The van der Waals surface area contributed by atoms with Crippen molar-refractivity contribution in [3.8, 4) is 0 Å². The van der Waals surface area contributed by atoms with Gasteiger partial charge >= 0.3 is 0 Å². The molecule has 1 aromatic carbocycles. The second kappa shape index (κ2) is 4.95. The molecule has 2 rings (SSSR count). The summed E-state index contributed by atoms with van der Waals surface area (Å²) in [5.74, 6) is 0.983. The van der Waals surface area contributed by atoms with Crippen LogP contribution in [0.2, 0.25) is 0 Å². The number of para-hydroxylation sites is 1. The third kappa shape index (κ3) is 2.81. The number of hydrogen-bond acceptors (Lipinski definition) is 3. The Morgan fingerprint density at radius 1 is 1.29 bits per heavy atom. The average molecular weight is 230 g/mol. The molecule has 3 heteroatoms. The van der Waals surface area contributed by atoms with Gasteiger partial charge in [-0.05, 0) is 37.6 Å². The van der Waals surface area contributed by atoms with Gasteiger partial charge in [-0.2, -0.15) is 0 Å². The molecule has 3 N–H and O–H groups in total. The molecule has 90 valence electrons. The summed E-state index contributed by atoms with van der Waals surface area (Å²) in [6.07, 6.45) is 2.55. The molecule has 1 heterocycles. The van der Waals surface area contributed by atoms with Gasteiger partial charge in [0, 0.05) is 12.5 Å². The maximum absolute atomic E-state index is 5.96. The van der Waals surface area contributed by atoms with Gasteiger partial charge in [0.2, 0.25) is 0 Å². The smallest absolute Gasteiger partial charge is 0.105 e. The first-order chi connectivity index (χ1) is 8.16. The van der Waals surface area contributed by atoms with Crippen LogP contribution in [0.25, 0.3) is 0 Å². The van der Waals surface area contributed by atoms with Gasteiger partial charge in [-0.25, -0.2) is 0 Å². The lowest BCUT2D eigenvalue weighted by molar-refractivity contribution is 0.498. The van der Waals surface area contributed by atoms with E-state index >= 15 is 0 Å². The van der Waals surface area contributed by atoms with E-state index in [1.54, 1.807) is 6.26 Å². The van der Waals surface area contributed by atoms with Crippen molar-refractivity contribution in [2.24, 2.45) is 0 Å². The third-order valence-electron chi connectivity index (χ3n) is 2.78. The number of rotatable bonds is 4. The molecule has 0 radical (unpaired) electrons. The summed E-state index contributed by atoms with van der Waals surface area (Å²) in [4.78, 5) is 0. The molecule has 0 aliphatic carbocycles. The zero-order valence-electron chi connectivity index (χ0n) is 10.2. The molecule has 0 aliphatic heterocycles. The van der Waals surface area contributed by atoms with Crippen LogP contribution in [0.3, 0.4) is 0 Å². The van der Waals surface area contributed by atoms with E-state index in [-0.39, 0.29) is 6.04 Å². The quantitative estimate of drug-likeness (QED) is 0.793. The first kappa shape index (κ1) is 11.6. The van der Waals surface area contributed by atoms with E-state index in [1.165, 1.54) is 0 Å². The van der Waals surface area contributed by atoms with Gasteiger partial charge in [0.1, 0.15) is 5.76 Å². The van der Waals surface area contributed by atoms with Crippen molar-refractivity contribution in [2.45, 2.75) is 26.3 Å². The summed E-state index contributed by atoms with van der Waals surface area (Å²) >= 11 is 0. The molecule has 0 saturated carbocycles. The Balaban J connectivity index is 2.05. The molecule has 17 heavy (non-hydrogen) atoms. The van der Waals surface area contributed by atoms with Crippen LogP contribution >= 0.6 is 0 Å².